The summed E-state index contributed by atoms with van der Waals surface area (Å²) in [5, 5.41) is 3.26. The van der Waals surface area contributed by atoms with Crippen molar-refractivity contribution in [2.24, 2.45) is 0 Å². The van der Waals surface area contributed by atoms with Gasteiger partial charge in [0, 0.05) is 12.1 Å². The van der Waals surface area contributed by atoms with Gasteiger partial charge in [0.25, 0.3) is 0 Å². The van der Waals surface area contributed by atoms with Gasteiger partial charge in [-0.15, -0.1) is 0 Å². The van der Waals surface area contributed by atoms with E-state index in [-0.39, 0.29) is 5.82 Å². The third-order valence-corrected chi connectivity index (χ3v) is 3.52. The van der Waals surface area contributed by atoms with Crippen molar-refractivity contribution < 1.29 is 4.39 Å². The molecule has 2 rings (SSSR count). The number of nitrogens with zero attached hydrogens (tertiary/aromatic N) is 2. The Balaban J connectivity index is 2.64. The summed E-state index contributed by atoms with van der Waals surface area (Å²) in [4.78, 5) is 9.13. The van der Waals surface area contributed by atoms with Crippen LogP contribution in [0.2, 0.25) is 0 Å². The van der Waals surface area contributed by atoms with E-state index in [0.717, 1.165) is 35.5 Å². The van der Waals surface area contributed by atoms with E-state index in [1.165, 1.54) is 0 Å². The molecule has 112 valence electrons. The first-order valence-corrected chi connectivity index (χ1v) is 7.30. The lowest BCUT2D eigenvalue weighted by Gasteiger charge is -2.15. The number of nitrogens with one attached hydrogen (secondary N) is 1. The molecule has 1 N–H and O–H groups in total. The third kappa shape index (κ3) is 3.20. The molecule has 0 saturated heterocycles. The molecule has 1 aromatic carbocycles. The predicted octanol–water partition coefficient (Wildman–Crippen LogP) is 4.34. The molecule has 0 saturated carbocycles. The largest absolute Gasteiger partial charge is 0.368 e. The van der Waals surface area contributed by atoms with Gasteiger partial charge >= 0.3 is 0 Å². The van der Waals surface area contributed by atoms with Crippen molar-refractivity contribution in [1.82, 2.24) is 9.97 Å². The summed E-state index contributed by atoms with van der Waals surface area (Å²) in [6, 6.07) is 3.52. The van der Waals surface area contributed by atoms with Gasteiger partial charge in [0.2, 0.25) is 0 Å². The zero-order valence-corrected chi connectivity index (χ0v) is 13.3. The number of hydrogen-bond acceptors (Lipinski definition) is 3. The van der Waals surface area contributed by atoms with E-state index in [2.05, 4.69) is 22.2 Å². The molecule has 4 heteroatoms. The first-order chi connectivity index (χ1) is 9.93. The van der Waals surface area contributed by atoms with Crippen molar-refractivity contribution in [3.8, 4) is 11.3 Å². The normalized spacial score (nSPS) is 10.8. The smallest absolute Gasteiger partial charge is 0.153 e. The van der Waals surface area contributed by atoms with Gasteiger partial charge in [-0.3, -0.25) is 0 Å². The highest BCUT2D eigenvalue weighted by molar-refractivity contribution is 5.75. The average molecular weight is 287 g/mol. The lowest BCUT2D eigenvalue weighted by Crippen LogP contribution is -2.09. The van der Waals surface area contributed by atoms with E-state index in [4.69, 9.17) is 0 Å². The Labute approximate surface area is 125 Å². The molecule has 0 fully saturated rings. The molecule has 0 aliphatic heterocycles. The maximum atomic E-state index is 14.4. The monoisotopic (exact) mass is 287 g/mol. The van der Waals surface area contributed by atoms with Gasteiger partial charge in [0.05, 0.1) is 11.4 Å². The fraction of sp³-hybridized carbons (Fsp3) is 0.412. The van der Waals surface area contributed by atoms with Gasteiger partial charge in [0.1, 0.15) is 11.5 Å². The van der Waals surface area contributed by atoms with E-state index in [1.807, 2.05) is 33.8 Å². The van der Waals surface area contributed by atoms with E-state index in [0.29, 0.717) is 17.1 Å². The van der Waals surface area contributed by atoms with E-state index >= 15 is 0 Å². The SMILES string of the molecule is CCCNc1nc(C)c(C)nc1-c1c(C)cc(C)cc1F. The zero-order valence-electron chi connectivity index (χ0n) is 13.3. The van der Waals surface area contributed by atoms with Crippen LogP contribution in [0, 0.1) is 33.5 Å². The average Bonchev–Trinajstić information content (AvgIpc) is 2.39. The summed E-state index contributed by atoms with van der Waals surface area (Å²) < 4.78 is 14.4. The second kappa shape index (κ2) is 6.20. The first kappa shape index (κ1) is 15.4. The Hall–Kier alpha value is -1.97. The molecule has 0 bridgehead atoms. The minimum Gasteiger partial charge on any atom is -0.368 e. The number of benzene rings is 1. The summed E-state index contributed by atoms with van der Waals surface area (Å²) in [7, 11) is 0. The Morgan fingerprint density at radius 3 is 2.33 bits per heavy atom. The minimum atomic E-state index is -0.246. The van der Waals surface area contributed by atoms with E-state index < -0.39 is 0 Å². The van der Waals surface area contributed by atoms with Crippen molar-refractivity contribution >= 4 is 5.82 Å². The van der Waals surface area contributed by atoms with Crippen LogP contribution in [-0.2, 0) is 0 Å². The number of rotatable bonds is 4. The van der Waals surface area contributed by atoms with Crippen molar-refractivity contribution in [3.63, 3.8) is 0 Å². The van der Waals surface area contributed by atoms with Crippen LogP contribution in [-0.4, -0.2) is 16.5 Å². The topological polar surface area (TPSA) is 37.8 Å². The Kier molecular flexibility index (Phi) is 4.56. The molecule has 1 aromatic heterocycles. The van der Waals surface area contributed by atoms with Crippen molar-refractivity contribution in [2.75, 3.05) is 11.9 Å². The minimum absolute atomic E-state index is 0.246. The molecule has 0 radical (unpaired) electrons. The summed E-state index contributed by atoms with van der Waals surface area (Å²) in [5.41, 5.74) is 4.61. The Bertz CT molecular complexity index is 642. The molecular formula is C17H22FN3. The fourth-order valence-corrected chi connectivity index (χ4v) is 2.36. The Morgan fingerprint density at radius 1 is 1.05 bits per heavy atom. The maximum Gasteiger partial charge on any atom is 0.153 e. The lowest BCUT2D eigenvalue weighted by atomic mass is 10.0. The molecule has 0 spiro atoms. The number of aromatic nitrogens is 2. The Morgan fingerprint density at radius 2 is 1.71 bits per heavy atom. The maximum absolute atomic E-state index is 14.4. The van der Waals surface area contributed by atoms with Crippen LogP contribution < -0.4 is 5.32 Å². The van der Waals surface area contributed by atoms with E-state index in [9.17, 15) is 4.39 Å². The molecule has 3 nitrogen and oxygen atoms in total. The van der Waals surface area contributed by atoms with Crippen molar-refractivity contribution in [1.29, 1.82) is 0 Å². The standard InChI is InChI=1S/C17H22FN3/c1-6-7-19-17-16(20-12(4)13(5)21-17)15-11(3)8-10(2)9-14(15)18/h8-9H,6-7H2,1-5H3,(H,19,21). The number of halogens is 1. The van der Waals surface area contributed by atoms with Gasteiger partial charge in [-0.1, -0.05) is 13.0 Å². The van der Waals surface area contributed by atoms with Crippen LogP contribution in [0.15, 0.2) is 12.1 Å². The highest BCUT2D eigenvalue weighted by atomic mass is 19.1. The van der Waals surface area contributed by atoms with Gasteiger partial charge in [-0.25, -0.2) is 14.4 Å². The van der Waals surface area contributed by atoms with Crippen LogP contribution in [0.4, 0.5) is 10.2 Å². The van der Waals surface area contributed by atoms with Gasteiger partial charge < -0.3 is 5.32 Å². The second-order valence-corrected chi connectivity index (χ2v) is 5.46. The molecule has 2 aromatic rings. The molecule has 0 atom stereocenters. The summed E-state index contributed by atoms with van der Waals surface area (Å²) in [6.45, 7) is 10.5. The number of aryl methyl sites for hydroxylation is 4. The lowest BCUT2D eigenvalue weighted by molar-refractivity contribution is 0.628. The molecule has 0 unspecified atom stereocenters. The molecule has 1 heterocycles. The van der Waals surface area contributed by atoms with Gasteiger partial charge in [0.15, 0.2) is 5.82 Å². The summed E-state index contributed by atoms with van der Waals surface area (Å²) in [6.07, 6.45) is 0.976. The fourth-order valence-electron chi connectivity index (χ4n) is 2.36. The van der Waals surface area contributed by atoms with Crippen LogP contribution in [0.1, 0.15) is 35.9 Å². The first-order valence-electron chi connectivity index (χ1n) is 7.30. The van der Waals surface area contributed by atoms with Crippen molar-refractivity contribution in [3.05, 3.63) is 40.5 Å². The summed E-state index contributed by atoms with van der Waals surface area (Å²) in [5.74, 6) is 0.412. The molecule has 21 heavy (non-hydrogen) atoms. The third-order valence-electron chi connectivity index (χ3n) is 3.52. The molecule has 0 aliphatic carbocycles. The molecular weight excluding hydrogens is 265 g/mol. The number of anilines is 1. The molecule has 0 amide bonds. The second-order valence-electron chi connectivity index (χ2n) is 5.46. The highest BCUT2D eigenvalue weighted by Gasteiger charge is 2.17. The van der Waals surface area contributed by atoms with Gasteiger partial charge in [-0.2, -0.15) is 0 Å². The van der Waals surface area contributed by atoms with Crippen LogP contribution in [0.3, 0.4) is 0 Å². The van der Waals surface area contributed by atoms with Crippen LogP contribution in [0.25, 0.3) is 11.3 Å². The number of hydrogen-bond donors (Lipinski definition) is 1. The molecule has 0 aliphatic rings. The van der Waals surface area contributed by atoms with Crippen LogP contribution in [0.5, 0.6) is 0 Å². The quantitative estimate of drug-likeness (QED) is 0.909. The highest BCUT2D eigenvalue weighted by Crippen LogP contribution is 2.31. The van der Waals surface area contributed by atoms with Crippen molar-refractivity contribution in [2.45, 2.75) is 41.0 Å². The zero-order chi connectivity index (χ0) is 15.6. The van der Waals surface area contributed by atoms with Gasteiger partial charge in [-0.05, 0) is 51.3 Å². The van der Waals surface area contributed by atoms with Crippen LogP contribution >= 0.6 is 0 Å². The van der Waals surface area contributed by atoms with E-state index in [1.54, 1.807) is 6.07 Å². The predicted molar refractivity (Wildman–Crippen MR) is 85.2 cm³/mol. The summed E-state index contributed by atoms with van der Waals surface area (Å²) >= 11 is 0.